The minimum atomic E-state index is -0.207. The van der Waals surface area contributed by atoms with Gasteiger partial charge in [0.05, 0.1) is 7.11 Å². The number of phenolic OH excluding ortho intramolecular Hbond substituents is 1. The largest absolute Gasteiger partial charge is 0.507 e. The van der Waals surface area contributed by atoms with Crippen LogP contribution in [0.4, 0.5) is 0 Å². The summed E-state index contributed by atoms with van der Waals surface area (Å²) in [5, 5.41) is 10.5. The standard InChI is InChI=1S/C17H26O3/c1-11(2)13-9-12(7-8-15(18)20-6)10-14(16(13)19)17(3,4)5/h9-11,19H,7-8H2,1-6H3. The Kier molecular flexibility index (Phi) is 5.21. The normalized spacial score (nSPS) is 11.8. The first-order chi connectivity index (χ1) is 9.16. The van der Waals surface area contributed by atoms with Crippen molar-refractivity contribution in [1.82, 2.24) is 0 Å². The lowest BCUT2D eigenvalue weighted by Gasteiger charge is -2.24. The molecule has 0 spiro atoms. The number of hydrogen-bond donors (Lipinski definition) is 1. The van der Waals surface area contributed by atoms with E-state index in [9.17, 15) is 9.90 Å². The summed E-state index contributed by atoms with van der Waals surface area (Å²) in [6, 6.07) is 4.00. The number of carbonyl (C=O) groups is 1. The van der Waals surface area contributed by atoms with Crippen LogP contribution in [0, 0.1) is 0 Å². The molecule has 112 valence electrons. The number of methoxy groups -OCH3 is 1. The van der Waals surface area contributed by atoms with E-state index in [4.69, 9.17) is 0 Å². The monoisotopic (exact) mass is 278 g/mol. The minimum Gasteiger partial charge on any atom is -0.507 e. The van der Waals surface area contributed by atoms with Gasteiger partial charge in [-0.15, -0.1) is 0 Å². The van der Waals surface area contributed by atoms with Crippen LogP contribution in [0.5, 0.6) is 5.75 Å². The molecule has 1 rings (SSSR count). The zero-order valence-electron chi connectivity index (χ0n) is 13.4. The lowest BCUT2D eigenvalue weighted by Crippen LogP contribution is -2.13. The zero-order chi connectivity index (χ0) is 15.5. The minimum absolute atomic E-state index is 0.130. The van der Waals surface area contributed by atoms with Gasteiger partial charge in [-0.3, -0.25) is 4.79 Å². The van der Waals surface area contributed by atoms with Crippen molar-refractivity contribution in [2.24, 2.45) is 0 Å². The third-order valence-electron chi connectivity index (χ3n) is 3.47. The summed E-state index contributed by atoms with van der Waals surface area (Å²) in [6.45, 7) is 10.4. The summed E-state index contributed by atoms with van der Waals surface area (Å²) in [4.78, 5) is 11.3. The van der Waals surface area contributed by atoms with E-state index in [2.05, 4.69) is 39.4 Å². The summed E-state index contributed by atoms with van der Waals surface area (Å²) in [5.74, 6) is 0.421. The highest BCUT2D eigenvalue weighted by atomic mass is 16.5. The molecule has 3 nitrogen and oxygen atoms in total. The van der Waals surface area contributed by atoms with Crippen LogP contribution in [0.3, 0.4) is 0 Å². The molecule has 0 atom stereocenters. The second-order valence-corrected chi connectivity index (χ2v) is 6.56. The van der Waals surface area contributed by atoms with E-state index in [-0.39, 0.29) is 17.3 Å². The Balaban J connectivity index is 3.19. The molecular formula is C17H26O3. The van der Waals surface area contributed by atoms with Crippen molar-refractivity contribution in [3.05, 3.63) is 28.8 Å². The quantitative estimate of drug-likeness (QED) is 0.849. The number of benzene rings is 1. The molecule has 0 bridgehead atoms. The van der Waals surface area contributed by atoms with E-state index < -0.39 is 0 Å². The second kappa shape index (κ2) is 6.29. The highest BCUT2D eigenvalue weighted by Gasteiger charge is 2.22. The van der Waals surface area contributed by atoms with Gasteiger partial charge in [-0.2, -0.15) is 0 Å². The number of hydrogen-bond acceptors (Lipinski definition) is 3. The SMILES string of the molecule is COC(=O)CCc1cc(C(C)C)c(O)c(C(C)(C)C)c1. The first-order valence-corrected chi connectivity index (χ1v) is 7.10. The first-order valence-electron chi connectivity index (χ1n) is 7.10. The molecular weight excluding hydrogens is 252 g/mol. The molecule has 3 heteroatoms. The van der Waals surface area contributed by atoms with Crippen LogP contribution in [0.15, 0.2) is 12.1 Å². The number of rotatable bonds is 4. The van der Waals surface area contributed by atoms with Crippen molar-refractivity contribution < 1.29 is 14.6 Å². The molecule has 0 amide bonds. The van der Waals surface area contributed by atoms with Crippen molar-refractivity contribution in [2.75, 3.05) is 7.11 Å². The van der Waals surface area contributed by atoms with Gasteiger partial charge in [-0.25, -0.2) is 0 Å². The topological polar surface area (TPSA) is 46.5 Å². The van der Waals surface area contributed by atoms with E-state index in [1.807, 2.05) is 12.1 Å². The Morgan fingerprint density at radius 3 is 2.35 bits per heavy atom. The molecule has 1 aromatic rings. The Hall–Kier alpha value is -1.51. The highest BCUT2D eigenvalue weighted by molar-refractivity contribution is 5.69. The van der Waals surface area contributed by atoms with Gasteiger partial charge in [0.1, 0.15) is 5.75 Å². The van der Waals surface area contributed by atoms with Gasteiger partial charge in [0, 0.05) is 6.42 Å². The Morgan fingerprint density at radius 1 is 1.30 bits per heavy atom. The van der Waals surface area contributed by atoms with Crippen molar-refractivity contribution >= 4 is 5.97 Å². The van der Waals surface area contributed by atoms with Crippen molar-refractivity contribution in [1.29, 1.82) is 0 Å². The predicted octanol–water partition coefficient (Wildman–Crippen LogP) is 3.92. The molecule has 0 heterocycles. The van der Waals surface area contributed by atoms with Crippen LogP contribution >= 0.6 is 0 Å². The molecule has 1 N–H and O–H groups in total. The number of carbonyl (C=O) groups excluding carboxylic acids is 1. The van der Waals surface area contributed by atoms with E-state index in [0.717, 1.165) is 16.7 Å². The third kappa shape index (κ3) is 3.99. The summed E-state index contributed by atoms with van der Waals surface area (Å²) in [5.41, 5.74) is 2.82. The molecule has 0 fully saturated rings. The second-order valence-electron chi connectivity index (χ2n) is 6.56. The maximum atomic E-state index is 11.3. The van der Waals surface area contributed by atoms with E-state index in [1.54, 1.807) is 0 Å². The third-order valence-corrected chi connectivity index (χ3v) is 3.47. The van der Waals surface area contributed by atoms with Gasteiger partial charge in [-0.05, 0) is 34.4 Å². The van der Waals surface area contributed by atoms with Crippen molar-refractivity contribution in [2.45, 2.75) is 58.8 Å². The van der Waals surface area contributed by atoms with Crippen molar-refractivity contribution in [3.63, 3.8) is 0 Å². The lowest BCUT2D eigenvalue weighted by atomic mass is 9.82. The predicted molar refractivity (Wildman–Crippen MR) is 81.2 cm³/mol. The average molecular weight is 278 g/mol. The van der Waals surface area contributed by atoms with Gasteiger partial charge in [0.2, 0.25) is 0 Å². The summed E-state index contributed by atoms with van der Waals surface area (Å²) in [6.07, 6.45) is 0.998. The average Bonchev–Trinajstić information content (AvgIpc) is 2.35. The molecule has 0 aliphatic carbocycles. The van der Waals surface area contributed by atoms with Gasteiger partial charge in [0.25, 0.3) is 0 Å². The van der Waals surface area contributed by atoms with E-state index in [1.165, 1.54) is 7.11 Å². The molecule has 0 saturated heterocycles. The molecule has 0 aromatic heterocycles. The van der Waals surface area contributed by atoms with Crippen LogP contribution in [-0.2, 0) is 21.4 Å². The molecule has 20 heavy (non-hydrogen) atoms. The summed E-state index contributed by atoms with van der Waals surface area (Å²) >= 11 is 0. The number of esters is 1. The van der Waals surface area contributed by atoms with Crippen LogP contribution < -0.4 is 0 Å². The fourth-order valence-electron chi connectivity index (χ4n) is 2.22. The van der Waals surface area contributed by atoms with E-state index >= 15 is 0 Å². The number of phenols is 1. The molecule has 0 aliphatic heterocycles. The number of ether oxygens (including phenoxy) is 1. The van der Waals surface area contributed by atoms with Crippen LogP contribution in [0.25, 0.3) is 0 Å². The van der Waals surface area contributed by atoms with Gasteiger partial charge in [0.15, 0.2) is 0 Å². The highest BCUT2D eigenvalue weighted by Crippen LogP contribution is 2.37. The van der Waals surface area contributed by atoms with Crippen LogP contribution in [-0.4, -0.2) is 18.2 Å². The van der Waals surface area contributed by atoms with Crippen LogP contribution in [0.1, 0.15) is 63.6 Å². The Labute approximate surface area is 122 Å². The summed E-state index contributed by atoms with van der Waals surface area (Å²) < 4.78 is 4.68. The fraction of sp³-hybridized carbons (Fsp3) is 0.588. The maximum absolute atomic E-state index is 11.3. The number of aromatic hydroxyl groups is 1. The van der Waals surface area contributed by atoms with E-state index in [0.29, 0.717) is 18.6 Å². The molecule has 0 unspecified atom stereocenters. The zero-order valence-corrected chi connectivity index (χ0v) is 13.4. The van der Waals surface area contributed by atoms with Crippen LogP contribution in [0.2, 0.25) is 0 Å². The Bertz CT molecular complexity index is 482. The summed E-state index contributed by atoms with van der Waals surface area (Å²) in [7, 11) is 1.40. The first kappa shape index (κ1) is 16.5. The number of aryl methyl sites for hydroxylation is 1. The molecule has 0 saturated carbocycles. The molecule has 1 aromatic carbocycles. The van der Waals surface area contributed by atoms with Gasteiger partial charge < -0.3 is 9.84 Å². The Morgan fingerprint density at radius 2 is 1.90 bits per heavy atom. The van der Waals surface area contributed by atoms with Gasteiger partial charge in [-0.1, -0.05) is 46.8 Å². The van der Waals surface area contributed by atoms with Crippen molar-refractivity contribution in [3.8, 4) is 5.75 Å². The smallest absolute Gasteiger partial charge is 0.305 e. The fourth-order valence-corrected chi connectivity index (χ4v) is 2.22. The molecule has 0 aliphatic rings. The van der Waals surface area contributed by atoms with Gasteiger partial charge >= 0.3 is 5.97 Å². The maximum Gasteiger partial charge on any atom is 0.305 e. The lowest BCUT2D eigenvalue weighted by molar-refractivity contribution is -0.140. The molecule has 0 radical (unpaired) electrons.